The minimum atomic E-state index is -0.0417. The number of methoxy groups -OCH3 is 1. The number of rotatable bonds is 6. The molecule has 4 heteroatoms. The Balaban J connectivity index is 1.70. The third kappa shape index (κ3) is 3.89. The third-order valence-corrected chi connectivity index (χ3v) is 5.71. The van der Waals surface area contributed by atoms with Gasteiger partial charge in [-0.1, -0.05) is 48.0 Å². The summed E-state index contributed by atoms with van der Waals surface area (Å²) >= 11 is 6.40. The zero-order chi connectivity index (χ0) is 21.1. The Labute approximate surface area is 181 Å². The fraction of sp³-hybridized carbons (Fsp3) is 0.115. The van der Waals surface area contributed by atoms with Crippen LogP contribution in [0.4, 0.5) is 0 Å². The van der Waals surface area contributed by atoms with Crippen LogP contribution in [0, 0.1) is 6.92 Å². The second-order valence-corrected chi connectivity index (χ2v) is 7.53. The topological polar surface area (TPSA) is 31.2 Å². The summed E-state index contributed by atoms with van der Waals surface area (Å²) in [5.41, 5.74) is 4.94. The fourth-order valence-electron chi connectivity index (χ4n) is 3.68. The van der Waals surface area contributed by atoms with Gasteiger partial charge in [0.05, 0.1) is 7.11 Å². The molecule has 150 valence electrons. The van der Waals surface area contributed by atoms with Crippen LogP contribution in [0.2, 0.25) is 5.02 Å². The quantitative estimate of drug-likeness (QED) is 0.264. The molecule has 0 atom stereocenters. The first-order valence-corrected chi connectivity index (χ1v) is 10.1. The van der Waals surface area contributed by atoms with Gasteiger partial charge in [0.2, 0.25) is 0 Å². The van der Waals surface area contributed by atoms with Gasteiger partial charge in [-0.2, -0.15) is 0 Å². The fourth-order valence-corrected chi connectivity index (χ4v) is 3.87. The number of ketones is 1. The smallest absolute Gasteiger partial charge is 0.185 e. The molecule has 30 heavy (non-hydrogen) atoms. The number of hydrogen-bond donors (Lipinski definition) is 0. The van der Waals surface area contributed by atoms with Crippen LogP contribution in [0.5, 0.6) is 5.75 Å². The van der Waals surface area contributed by atoms with E-state index in [4.69, 9.17) is 16.3 Å². The SMILES string of the molecule is COc1ccc(C(=O)/C=C/c2c(C)n(Cc3ccccc3Cl)c3ccccc23)cc1. The van der Waals surface area contributed by atoms with Gasteiger partial charge in [0, 0.05) is 39.3 Å². The van der Waals surface area contributed by atoms with E-state index in [1.807, 2.05) is 42.5 Å². The Bertz CT molecular complexity index is 1240. The predicted octanol–water partition coefficient (Wildman–Crippen LogP) is 6.56. The zero-order valence-electron chi connectivity index (χ0n) is 16.9. The summed E-state index contributed by atoms with van der Waals surface area (Å²) in [6.45, 7) is 2.75. The Hall–Kier alpha value is -3.30. The molecule has 0 amide bonds. The molecule has 0 fully saturated rings. The van der Waals surface area contributed by atoms with E-state index < -0.39 is 0 Å². The van der Waals surface area contributed by atoms with Gasteiger partial charge in [0.25, 0.3) is 0 Å². The Morgan fingerprint density at radius 3 is 2.43 bits per heavy atom. The number of halogens is 1. The highest BCUT2D eigenvalue weighted by atomic mass is 35.5. The Kier molecular flexibility index (Phi) is 5.73. The van der Waals surface area contributed by atoms with E-state index in [-0.39, 0.29) is 5.78 Å². The van der Waals surface area contributed by atoms with Gasteiger partial charge < -0.3 is 9.30 Å². The highest BCUT2D eigenvalue weighted by Crippen LogP contribution is 2.29. The molecule has 4 aromatic rings. The number of hydrogen-bond acceptors (Lipinski definition) is 2. The van der Waals surface area contributed by atoms with Crippen LogP contribution < -0.4 is 4.74 Å². The van der Waals surface area contributed by atoms with Crippen molar-refractivity contribution in [2.75, 3.05) is 7.11 Å². The van der Waals surface area contributed by atoms with Crippen molar-refractivity contribution >= 4 is 34.4 Å². The number of carbonyl (C=O) groups is 1. The summed E-state index contributed by atoms with van der Waals surface area (Å²) in [5, 5.41) is 1.86. The number of allylic oxidation sites excluding steroid dienone is 1. The van der Waals surface area contributed by atoms with Crippen LogP contribution in [-0.4, -0.2) is 17.5 Å². The average Bonchev–Trinajstić information content (AvgIpc) is 3.04. The lowest BCUT2D eigenvalue weighted by molar-refractivity contribution is 0.104. The molecule has 3 aromatic carbocycles. The van der Waals surface area contributed by atoms with Gasteiger partial charge in [-0.3, -0.25) is 4.79 Å². The van der Waals surface area contributed by atoms with Crippen molar-refractivity contribution in [2.45, 2.75) is 13.5 Å². The van der Waals surface area contributed by atoms with Crippen molar-refractivity contribution in [2.24, 2.45) is 0 Å². The molecular weight excluding hydrogens is 394 g/mol. The van der Waals surface area contributed by atoms with Crippen LogP contribution in [0.3, 0.4) is 0 Å². The summed E-state index contributed by atoms with van der Waals surface area (Å²) in [5.74, 6) is 0.689. The minimum absolute atomic E-state index is 0.0417. The molecule has 0 N–H and O–H groups in total. The van der Waals surface area contributed by atoms with Crippen LogP contribution >= 0.6 is 11.6 Å². The number of fused-ring (bicyclic) bond motifs is 1. The maximum Gasteiger partial charge on any atom is 0.185 e. The van der Waals surface area contributed by atoms with E-state index >= 15 is 0 Å². The molecule has 0 bridgehead atoms. The molecule has 0 saturated carbocycles. The number of carbonyl (C=O) groups excluding carboxylic acids is 1. The number of ether oxygens (including phenoxy) is 1. The lowest BCUT2D eigenvalue weighted by Gasteiger charge is -2.10. The largest absolute Gasteiger partial charge is 0.497 e. The third-order valence-electron chi connectivity index (χ3n) is 5.34. The molecule has 0 saturated heterocycles. The first kappa shape index (κ1) is 20.0. The second kappa shape index (κ2) is 8.60. The van der Waals surface area contributed by atoms with E-state index in [9.17, 15) is 4.79 Å². The predicted molar refractivity (Wildman–Crippen MR) is 124 cm³/mol. The summed E-state index contributed by atoms with van der Waals surface area (Å²) in [6, 6.07) is 23.3. The molecule has 0 spiro atoms. The monoisotopic (exact) mass is 415 g/mol. The van der Waals surface area contributed by atoms with E-state index in [1.54, 1.807) is 37.5 Å². The van der Waals surface area contributed by atoms with Gasteiger partial charge >= 0.3 is 0 Å². The molecule has 0 aliphatic carbocycles. The number of para-hydroxylation sites is 1. The summed E-state index contributed by atoms with van der Waals surface area (Å²) in [6.07, 6.45) is 3.55. The first-order chi connectivity index (χ1) is 14.6. The summed E-state index contributed by atoms with van der Waals surface area (Å²) in [4.78, 5) is 12.7. The average molecular weight is 416 g/mol. The molecule has 3 nitrogen and oxygen atoms in total. The van der Waals surface area contributed by atoms with Crippen molar-refractivity contribution in [3.8, 4) is 5.75 Å². The Morgan fingerprint density at radius 2 is 1.70 bits per heavy atom. The molecule has 1 aromatic heterocycles. The number of benzene rings is 3. The molecular formula is C26H22ClNO2. The van der Waals surface area contributed by atoms with E-state index in [2.05, 4.69) is 23.6 Å². The molecule has 4 rings (SSSR count). The minimum Gasteiger partial charge on any atom is -0.497 e. The van der Waals surface area contributed by atoms with Gasteiger partial charge in [0.1, 0.15) is 5.75 Å². The first-order valence-electron chi connectivity index (χ1n) is 9.76. The van der Waals surface area contributed by atoms with Gasteiger partial charge in [-0.05, 0) is 61.0 Å². The van der Waals surface area contributed by atoms with E-state index in [0.717, 1.165) is 38.5 Å². The van der Waals surface area contributed by atoms with Crippen molar-refractivity contribution in [3.63, 3.8) is 0 Å². The number of nitrogens with zero attached hydrogens (tertiary/aromatic N) is 1. The van der Waals surface area contributed by atoms with E-state index in [0.29, 0.717) is 12.1 Å². The second-order valence-electron chi connectivity index (χ2n) is 7.12. The van der Waals surface area contributed by atoms with Crippen LogP contribution in [0.1, 0.15) is 27.2 Å². The summed E-state index contributed by atoms with van der Waals surface area (Å²) < 4.78 is 7.40. The normalized spacial score (nSPS) is 11.3. The molecule has 0 radical (unpaired) electrons. The van der Waals surface area contributed by atoms with Crippen molar-refractivity contribution < 1.29 is 9.53 Å². The highest BCUT2D eigenvalue weighted by molar-refractivity contribution is 6.31. The zero-order valence-corrected chi connectivity index (χ0v) is 17.7. The van der Waals surface area contributed by atoms with E-state index in [1.165, 1.54) is 0 Å². The highest BCUT2D eigenvalue weighted by Gasteiger charge is 2.13. The maximum atomic E-state index is 12.7. The molecule has 0 unspecified atom stereocenters. The van der Waals surface area contributed by atoms with Gasteiger partial charge in [0.15, 0.2) is 5.78 Å². The molecule has 0 aliphatic heterocycles. The van der Waals surface area contributed by atoms with Crippen LogP contribution in [0.15, 0.2) is 78.9 Å². The molecule has 1 heterocycles. The molecule has 0 aliphatic rings. The van der Waals surface area contributed by atoms with Crippen molar-refractivity contribution in [3.05, 3.63) is 106 Å². The van der Waals surface area contributed by atoms with Gasteiger partial charge in [-0.25, -0.2) is 0 Å². The maximum absolute atomic E-state index is 12.7. The van der Waals surface area contributed by atoms with Crippen molar-refractivity contribution in [1.29, 1.82) is 0 Å². The Morgan fingerprint density at radius 1 is 1.00 bits per heavy atom. The van der Waals surface area contributed by atoms with Crippen LogP contribution in [-0.2, 0) is 6.54 Å². The standard InChI is InChI=1S/C26H22ClNO2/c1-18-22(15-16-26(29)19-11-13-21(30-2)14-12-19)23-8-4-6-10-25(23)28(18)17-20-7-3-5-9-24(20)27/h3-16H,17H2,1-2H3/b16-15+. The van der Waals surface area contributed by atoms with Crippen molar-refractivity contribution in [1.82, 2.24) is 4.57 Å². The van der Waals surface area contributed by atoms with Gasteiger partial charge in [-0.15, -0.1) is 0 Å². The van der Waals surface area contributed by atoms with Crippen LogP contribution in [0.25, 0.3) is 17.0 Å². The lowest BCUT2D eigenvalue weighted by atomic mass is 10.1. The summed E-state index contributed by atoms with van der Waals surface area (Å²) in [7, 11) is 1.61. The lowest BCUT2D eigenvalue weighted by Crippen LogP contribution is -2.02. The number of aromatic nitrogens is 1.